The summed E-state index contributed by atoms with van der Waals surface area (Å²) in [5, 5.41) is 0. The van der Waals surface area contributed by atoms with E-state index in [2.05, 4.69) is 30.2 Å². The van der Waals surface area contributed by atoms with Crippen LogP contribution in [0, 0.1) is 0 Å². The van der Waals surface area contributed by atoms with Crippen molar-refractivity contribution >= 4 is 23.7 Å². The van der Waals surface area contributed by atoms with E-state index in [0.29, 0.717) is 32.0 Å². The molecule has 0 N–H and O–H groups in total. The van der Waals surface area contributed by atoms with Gasteiger partial charge in [-0.2, -0.15) is 11.8 Å². The number of benzene rings is 2. The van der Waals surface area contributed by atoms with E-state index in [1.165, 1.54) is 10.5 Å². The molecule has 2 heterocycles. The average molecular weight is 452 g/mol. The molecule has 2 aromatic rings. The van der Waals surface area contributed by atoms with Gasteiger partial charge in [0.2, 0.25) is 0 Å². The molecule has 2 aliphatic heterocycles. The fourth-order valence-corrected chi connectivity index (χ4v) is 5.74. The molecule has 4 rings (SSSR count). The molecule has 1 atom stereocenters. The van der Waals surface area contributed by atoms with Crippen LogP contribution in [-0.2, 0) is 17.8 Å². The molecule has 0 aromatic heterocycles. The van der Waals surface area contributed by atoms with E-state index in [4.69, 9.17) is 0 Å². The average Bonchev–Trinajstić information content (AvgIpc) is 3.01. The Labute approximate surface area is 195 Å². The third-order valence-electron chi connectivity index (χ3n) is 6.93. The highest BCUT2D eigenvalue weighted by Crippen LogP contribution is 2.38. The predicted molar refractivity (Wildman–Crippen MR) is 131 cm³/mol. The van der Waals surface area contributed by atoms with Crippen molar-refractivity contribution in [2.24, 2.45) is 0 Å². The van der Waals surface area contributed by atoms with Crippen molar-refractivity contribution in [3.63, 3.8) is 0 Å². The second-order valence-electron chi connectivity index (χ2n) is 8.92. The van der Waals surface area contributed by atoms with Gasteiger partial charge in [-0.25, -0.2) is 4.79 Å². The maximum absolute atomic E-state index is 13.8. The topological polar surface area (TPSA) is 43.9 Å². The van der Waals surface area contributed by atoms with Gasteiger partial charge in [-0.1, -0.05) is 60.7 Å². The summed E-state index contributed by atoms with van der Waals surface area (Å²) in [6, 6.07) is 20.4. The second-order valence-corrected chi connectivity index (χ2v) is 9.83. The maximum Gasteiger partial charge on any atom is 0.328 e. The molecule has 2 saturated heterocycles. The minimum atomic E-state index is -0.712. The summed E-state index contributed by atoms with van der Waals surface area (Å²) in [6.07, 6.45) is 4.30. The van der Waals surface area contributed by atoms with Crippen molar-refractivity contribution in [1.29, 1.82) is 0 Å². The number of carbonyl (C=O) groups is 2. The number of nitrogens with zero attached hydrogens (tertiary/aromatic N) is 3. The lowest BCUT2D eigenvalue weighted by Gasteiger charge is -2.44. The summed E-state index contributed by atoms with van der Waals surface area (Å²) in [4.78, 5) is 33.2. The summed E-state index contributed by atoms with van der Waals surface area (Å²) in [6.45, 7) is 4.86. The molecule has 170 valence electrons. The summed E-state index contributed by atoms with van der Waals surface area (Å²) >= 11 is 1.85. The lowest BCUT2D eigenvalue weighted by Crippen LogP contribution is -2.58. The van der Waals surface area contributed by atoms with Gasteiger partial charge >= 0.3 is 6.03 Å². The van der Waals surface area contributed by atoms with E-state index < -0.39 is 5.54 Å². The molecule has 6 heteroatoms. The van der Waals surface area contributed by atoms with Crippen molar-refractivity contribution in [3.05, 3.63) is 71.8 Å². The molecule has 2 aromatic carbocycles. The summed E-state index contributed by atoms with van der Waals surface area (Å²) in [5.74, 6) is 1.06. The van der Waals surface area contributed by atoms with E-state index in [0.717, 1.165) is 30.8 Å². The number of urea groups is 1. The molecule has 5 nitrogen and oxygen atoms in total. The molecule has 1 unspecified atom stereocenters. The number of carbonyl (C=O) groups excluding carboxylic acids is 2. The SMILES string of the molecule is CSCC(C)N1CCC2(CC1)C(=O)N(Cc1ccccc1)C(=O)N2CCc1ccccc1. The smallest absolute Gasteiger partial charge is 0.309 e. The zero-order valence-electron chi connectivity index (χ0n) is 19.1. The van der Waals surface area contributed by atoms with Gasteiger partial charge in [-0.15, -0.1) is 0 Å². The zero-order valence-corrected chi connectivity index (χ0v) is 19.9. The Morgan fingerprint density at radius 2 is 1.53 bits per heavy atom. The third-order valence-corrected chi connectivity index (χ3v) is 7.74. The number of hydrogen-bond acceptors (Lipinski definition) is 4. The molecule has 0 bridgehead atoms. The fourth-order valence-electron chi connectivity index (χ4n) is 5.05. The quantitative estimate of drug-likeness (QED) is 0.562. The van der Waals surface area contributed by atoms with Crippen molar-refractivity contribution in [2.45, 2.75) is 44.3 Å². The standard InChI is InChI=1S/C26H33N3O2S/c1-21(20-32-2)27-17-14-26(15-18-27)24(30)28(19-23-11-7-4-8-12-23)25(31)29(26)16-13-22-9-5-3-6-10-22/h3-12,21H,13-20H2,1-2H3. The first-order chi connectivity index (χ1) is 15.5. The van der Waals surface area contributed by atoms with Crippen molar-refractivity contribution < 1.29 is 9.59 Å². The van der Waals surface area contributed by atoms with Crippen LogP contribution in [0.15, 0.2) is 60.7 Å². The van der Waals surface area contributed by atoms with Crippen LogP contribution >= 0.6 is 11.8 Å². The van der Waals surface area contributed by atoms with Crippen LogP contribution in [-0.4, -0.2) is 69.9 Å². The molecule has 1 spiro atoms. The van der Waals surface area contributed by atoms with Gasteiger partial charge in [0.15, 0.2) is 0 Å². The van der Waals surface area contributed by atoms with Crippen molar-refractivity contribution in [2.75, 3.05) is 31.6 Å². The second kappa shape index (κ2) is 10.1. The van der Waals surface area contributed by atoms with Gasteiger partial charge < -0.3 is 4.90 Å². The Morgan fingerprint density at radius 3 is 2.12 bits per heavy atom. The number of imide groups is 1. The highest BCUT2D eigenvalue weighted by atomic mass is 32.2. The molecule has 0 saturated carbocycles. The minimum absolute atomic E-state index is 0.0171. The van der Waals surface area contributed by atoms with Crippen LogP contribution in [0.4, 0.5) is 4.79 Å². The number of piperidine rings is 1. The molecule has 2 fully saturated rings. The molecular weight excluding hydrogens is 418 g/mol. The Balaban J connectivity index is 1.56. The van der Waals surface area contributed by atoms with Gasteiger partial charge in [0.05, 0.1) is 6.54 Å². The fraction of sp³-hybridized carbons (Fsp3) is 0.462. The number of thioether (sulfide) groups is 1. The molecule has 32 heavy (non-hydrogen) atoms. The van der Waals surface area contributed by atoms with Gasteiger partial charge in [0.1, 0.15) is 5.54 Å². The summed E-state index contributed by atoms with van der Waals surface area (Å²) < 4.78 is 0. The Morgan fingerprint density at radius 1 is 0.938 bits per heavy atom. The van der Waals surface area contributed by atoms with E-state index in [-0.39, 0.29) is 11.9 Å². The first kappa shape index (κ1) is 22.9. The number of hydrogen-bond donors (Lipinski definition) is 0. The van der Waals surface area contributed by atoms with E-state index in [1.807, 2.05) is 65.2 Å². The Hall–Kier alpha value is -2.31. The van der Waals surface area contributed by atoms with Crippen LogP contribution in [0.2, 0.25) is 0 Å². The van der Waals surface area contributed by atoms with Crippen molar-refractivity contribution in [1.82, 2.24) is 14.7 Å². The molecular formula is C26H33N3O2S. The van der Waals surface area contributed by atoms with E-state index in [1.54, 1.807) is 0 Å². The van der Waals surface area contributed by atoms with Crippen LogP contribution in [0.25, 0.3) is 0 Å². The van der Waals surface area contributed by atoms with Gasteiger partial charge in [0, 0.05) is 31.4 Å². The first-order valence-electron chi connectivity index (χ1n) is 11.5. The minimum Gasteiger partial charge on any atom is -0.309 e. The first-order valence-corrected chi connectivity index (χ1v) is 12.9. The van der Waals surface area contributed by atoms with Gasteiger partial charge in [-0.05, 0) is 43.6 Å². The Bertz CT molecular complexity index is 913. The predicted octanol–water partition coefficient (Wildman–Crippen LogP) is 4.28. The number of rotatable bonds is 8. The van der Waals surface area contributed by atoms with Crippen LogP contribution < -0.4 is 0 Å². The lowest BCUT2D eigenvalue weighted by atomic mass is 9.85. The van der Waals surface area contributed by atoms with Crippen LogP contribution in [0.5, 0.6) is 0 Å². The third kappa shape index (κ3) is 4.57. The largest absolute Gasteiger partial charge is 0.328 e. The number of amides is 3. The molecule has 3 amide bonds. The lowest BCUT2D eigenvalue weighted by molar-refractivity contribution is -0.136. The molecule has 2 aliphatic rings. The number of likely N-dealkylation sites (tertiary alicyclic amines) is 1. The summed E-state index contributed by atoms with van der Waals surface area (Å²) in [7, 11) is 0. The maximum atomic E-state index is 13.8. The van der Waals surface area contributed by atoms with Crippen molar-refractivity contribution in [3.8, 4) is 0 Å². The zero-order chi connectivity index (χ0) is 22.6. The van der Waals surface area contributed by atoms with E-state index in [9.17, 15) is 9.59 Å². The van der Waals surface area contributed by atoms with Gasteiger partial charge in [0.25, 0.3) is 5.91 Å². The molecule has 0 aliphatic carbocycles. The Kier molecular flexibility index (Phi) is 7.21. The van der Waals surface area contributed by atoms with Crippen LogP contribution in [0.3, 0.4) is 0 Å². The van der Waals surface area contributed by atoms with Gasteiger partial charge in [-0.3, -0.25) is 14.6 Å². The monoisotopic (exact) mass is 451 g/mol. The van der Waals surface area contributed by atoms with Crippen LogP contribution in [0.1, 0.15) is 30.9 Å². The normalized spacial score (nSPS) is 19.7. The molecule has 0 radical (unpaired) electrons. The highest BCUT2D eigenvalue weighted by Gasteiger charge is 2.57. The summed E-state index contributed by atoms with van der Waals surface area (Å²) in [5.41, 5.74) is 1.46. The van der Waals surface area contributed by atoms with E-state index >= 15 is 0 Å². The highest BCUT2D eigenvalue weighted by molar-refractivity contribution is 7.98.